The van der Waals surface area contributed by atoms with Crippen molar-refractivity contribution in [3.05, 3.63) is 53.1 Å². The van der Waals surface area contributed by atoms with Gasteiger partial charge in [-0.2, -0.15) is 0 Å². The molecular weight excluding hydrogens is 376 g/mol. The molecule has 0 radical (unpaired) electrons. The van der Waals surface area contributed by atoms with Gasteiger partial charge in [-0.05, 0) is 43.9 Å². The fraction of sp³-hybridized carbons (Fsp3) is 0.333. The molecule has 0 saturated carbocycles. The number of fused-ring (bicyclic) bond motifs is 1. The minimum absolute atomic E-state index is 0.126. The van der Waals surface area contributed by atoms with Gasteiger partial charge in [-0.3, -0.25) is 0 Å². The molecule has 1 heterocycles. The van der Waals surface area contributed by atoms with Gasteiger partial charge in [0.25, 0.3) is 0 Å². The van der Waals surface area contributed by atoms with Crippen molar-refractivity contribution in [2.75, 3.05) is 33.9 Å². The molecule has 0 saturated heterocycles. The summed E-state index contributed by atoms with van der Waals surface area (Å²) in [5, 5.41) is 0.642. The first-order valence-corrected chi connectivity index (χ1v) is 10.0. The molecule has 0 fully saturated rings. The van der Waals surface area contributed by atoms with E-state index in [0.29, 0.717) is 29.7 Å². The van der Waals surface area contributed by atoms with Gasteiger partial charge in [0, 0.05) is 23.7 Å². The molecule has 26 heavy (non-hydrogen) atoms. The zero-order chi connectivity index (χ0) is 18.7. The molecular formula is C18H21ClN2O4S. The lowest BCUT2D eigenvalue weighted by atomic mass is 10.1. The second-order valence-electron chi connectivity index (χ2n) is 6.19. The fourth-order valence-electron chi connectivity index (χ4n) is 2.75. The summed E-state index contributed by atoms with van der Waals surface area (Å²) >= 11 is 5.94. The van der Waals surface area contributed by atoms with Crippen LogP contribution < -0.4 is 14.2 Å². The quantitative estimate of drug-likeness (QED) is 0.813. The summed E-state index contributed by atoms with van der Waals surface area (Å²) in [4.78, 5) is 2.10. The summed E-state index contributed by atoms with van der Waals surface area (Å²) in [6, 6.07) is 11.9. The average Bonchev–Trinajstić information content (AvgIpc) is 2.62. The van der Waals surface area contributed by atoms with E-state index in [4.69, 9.17) is 21.1 Å². The van der Waals surface area contributed by atoms with Crippen molar-refractivity contribution in [1.29, 1.82) is 0 Å². The number of nitrogens with one attached hydrogen (secondary N) is 1. The highest BCUT2D eigenvalue weighted by Crippen LogP contribution is 2.32. The van der Waals surface area contributed by atoms with Crippen molar-refractivity contribution in [1.82, 2.24) is 9.62 Å². The first kappa shape index (κ1) is 19.0. The minimum Gasteiger partial charge on any atom is -0.486 e. The van der Waals surface area contributed by atoms with E-state index < -0.39 is 10.0 Å². The third-order valence-corrected chi connectivity index (χ3v) is 5.84. The number of nitrogens with zero attached hydrogens (tertiary/aromatic N) is 1. The smallest absolute Gasteiger partial charge is 0.240 e. The normalized spacial score (nSPS) is 15.1. The standard InChI is InChI=1S/C18H21ClN2O4S/c1-21(2)16(13-3-5-14(19)6-4-13)12-20-26(22,23)15-7-8-17-18(11-15)25-10-9-24-17/h3-8,11,16,20H,9-10,12H2,1-2H3/t16-/m0/s1. The van der Waals surface area contributed by atoms with Crippen LogP contribution in [-0.4, -0.2) is 47.2 Å². The molecule has 0 aliphatic carbocycles. The Morgan fingerprint density at radius 1 is 1.08 bits per heavy atom. The van der Waals surface area contributed by atoms with Crippen LogP contribution in [0.3, 0.4) is 0 Å². The molecule has 0 spiro atoms. The van der Waals surface area contributed by atoms with Crippen molar-refractivity contribution < 1.29 is 17.9 Å². The van der Waals surface area contributed by atoms with Crippen LogP contribution in [0.25, 0.3) is 0 Å². The second-order valence-corrected chi connectivity index (χ2v) is 8.39. The first-order valence-electron chi connectivity index (χ1n) is 8.18. The van der Waals surface area contributed by atoms with Crippen molar-refractivity contribution in [3.63, 3.8) is 0 Å². The SMILES string of the molecule is CN(C)[C@@H](CNS(=O)(=O)c1ccc2c(c1)OCCO2)c1ccc(Cl)cc1. The van der Waals surface area contributed by atoms with Crippen LogP contribution in [0.2, 0.25) is 5.02 Å². The fourth-order valence-corrected chi connectivity index (χ4v) is 3.93. The molecule has 1 atom stereocenters. The zero-order valence-corrected chi connectivity index (χ0v) is 16.2. The first-order chi connectivity index (χ1) is 12.4. The monoisotopic (exact) mass is 396 g/mol. The Morgan fingerprint density at radius 3 is 2.38 bits per heavy atom. The molecule has 0 aromatic heterocycles. The summed E-state index contributed by atoms with van der Waals surface area (Å²) in [5.74, 6) is 1.00. The summed E-state index contributed by atoms with van der Waals surface area (Å²) in [5.41, 5.74) is 0.976. The number of hydrogen-bond acceptors (Lipinski definition) is 5. The maximum atomic E-state index is 12.7. The Kier molecular flexibility index (Phi) is 5.72. The zero-order valence-electron chi connectivity index (χ0n) is 14.6. The van der Waals surface area contributed by atoms with Gasteiger partial charge >= 0.3 is 0 Å². The van der Waals surface area contributed by atoms with E-state index in [2.05, 4.69) is 4.72 Å². The third-order valence-electron chi connectivity index (χ3n) is 4.17. The maximum Gasteiger partial charge on any atom is 0.240 e. The number of rotatable bonds is 6. The van der Waals surface area contributed by atoms with Crippen molar-refractivity contribution in [3.8, 4) is 11.5 Å². The second kappa shape index (κ2) is 7.84. The lowest BCUT2D eigenvalue weighted by Crippen LogP contribution is -2.34. The van der Waals surface area contributed by atoms with Gasteiger partial charge in [-0.1, -0.05) is 23.7 Å². The van der Waals surface area contributed by atoms with E-state index in [1.165, 1.54) is 12.1 Å². The molecule has 1 aliphatic heterocycles. The third kappa shape index (κ3) is 4.29. The molecule has 6 nitrogen and oxygen atoms in total. The molecule has 2 aromatic rings. The van der Waals surface area contributed by atoms with Gasteiger partial charge in [0.2, 0.25) is 10.0 Å². The number of halogens is 1. The summed E-state index contributed by atoms with van der Waals surface area (Å²) in [6.07, 6.45) is 0. The van der Waals surface area contributed by atoms with Gasteiger partial charge in [0.1, 0.15) is 13.2 Å². The topological polar surface area (TPSA) is 67.9 Å². The predicted molar refractivity (Wildman–Crippen MR) is 101 cm³/mol. The van der Waals surface area contributed by atoms with Gasteiger partial charge in [0.15, 0.2) is 11.5 Å². The van der Waals surface area contributed by atoms with Crippen LogP contribution in [-0.2, 0) is 10.0 Å². The van der Waals surface area contributed by atoms with Crippen LogP contribution in [0.5, 0.6) is 11.5 Å². The number of ether oxygens (including phenoxy) is 2. The molecule has 0 unspecified atom stereocenters. The number of hydrogen-bond donors (Lipinski definition) is 1. The van der Waals surface area contributed by atoms with Crippen molar-refractivity contribution >= 4 is 21.6 Å². The highest BCUT2D eigenvalue weighted by molar-refractivity contribution is 7.89. The van der Waals surface area contributed by atoms with Crippen LogP contribution in [0, 0.1) is 0 Å². The summed E-state index contributed by atoms with van der Waals surface area (Å²) in [6.45, 7) is 1.09. The maximum absolute atomic E-state index is 12.7. The number of likely N-dealkylation sites (N-methyl/N-ethyl adjacent to an activating group) is 1. The Morgan fingerprint density at radius 2 is 1.73 bits per heavy atom. The molecule has 1 N–H and O–H groups in total. The predicted octanol–water partition coefficient (Wildman–Crippen LogP) is 2.69. The summed E-state index contributed by atoms with van der Waals surface area (Å²) < 4.78 is 38.9. The van der Waals surface area contributed by atoms with E-state index in [9.17, 15) is 8.42 Å². The van der Waals surface area contributed by atoms with Crippen LogP contribution >= 0.6 is 11.6 Å². The van der Waals surface area contributed by atoms with E-state index in [-0.39, 0.29) is 17.5 Å². The molecule has 3 rings (SSSR count). The molecule has 1 aliphatic rings. The Labute approximate surface area is 158 Å². The van der Waals surface area contributed by atoms with Crippen LogP contribution in [0.15, 0.2) is 47.4 Å². The minimum atomic E-state index is -3.68. The van der Waals surface area contributed by atoms with Gasteiger partial charge < -0.3 is 14.4 Å². The van der Waals surface area contributed by atoms with E-state index in [1.807, 2.05) is 31.1 Å². The average molecular weight is 397 g/mol. The molecule has 0 bridgehead atoms. The summed E-state index contributed by atoms with van der Waals surface area (Å²) in [7, 11) is 0.124. The highest BCUT2D eigenvalue weighted by atomic mass is 35.5. The molecule has 2 aromatic carbocycles. The molecule has 140 valence electrons. The Hall–Kier alpha value is -1.80. The number of benzene rings is 2. The van der Waals surface area contributed by atoms with Gasteiger partial charge in [0.05, 0.1) is 4.90 Å². The molecule has 0 amide bonds. The number of sulfonamides is 1. The van der Waals surface area contributed by atoms with E-state index in [0.717, 1.165) is 5.56 Å². The van der Waals surface area contributed by atoms with E-state index in [1.54, 1.807) is 18.2 Å². The van der Waals surface area contributed by atoms with Crippen molar-refractivity contribution in [2.24, 2.45) is 0 Å². The van der Waals surface area contributed by atoms with Gasteiger partial charge in [-0.25, -0.2) is 13.1 Å². The highest BCUT2D eigenvalue weighted by Gasteiger charge is 2.22. The lowest BCUT2D eigenvalue weighted by molar-refractivity contribution is 0.171. The van der Waals surface area contributed by atoms with Crippen molar-refractivity contribution in [2.45, 2.75) is 10.9 Å². The Balaban J connectivity index is 1.77. The van der Waals surface area contributed by atoms with Crippen LogP contribution in [0.4, 0.5) is 0 Å². The Bertz CT molecular complexity index is 869. The van der Waals surface area contributed by atoms with Gasteiger partial charge in [-0.15, -0.1) is 0 Å². The van der Waals surface area contributed by atoms with Crippen LogP contribution in [0.1, 0.15) is 11.6 Å². The van der Waals surface area contributed by atoms with E-state index >= 15 is 0 Å². The molecule has 8 heteroatoms. The largest absolute Gasteiger partial charge is 0.486 e. The lowest BCUT2D eigenvalue weighted by Gasteiger charge is -2.25.